The monoisotopic (exact) mass is 256 g/mol. The van der Waals surface area contributed by atoms with Crippen LogP contribution in [0, 0.1) is 0 Å². The molecule has 3 nitrogen and oxygen atoms in total. The van der Waals surface area contributed by atoms with E-state index in [0.717, 1.165) is 22.3 Å². The molecule has 0 saturated carbocycles. The Morgan fingerprint density at radius 3 is 3.21 bits per heavy atom. The summed E-state index contributed by atoms with van der Waals surface area (Å²) in [5, 5.41) is 3.40. The third kappa shape index (κ3) is 1.86. The number of nitrogens with one attached hydrogen (secondary N) is 1. The SMILES string of the molecule is NCCC1COc2c(Br)cccc2N1. The van der Waals surface area contributed by atoms with Crippen molar-refractivity contribution in [2.75, 3.05) is 18.5 Å². The number of ether oxygens (including phenoxy) is 1. The molecule has 0 bridgehead atoms. The van der Waals surface area contributed by atoms with Gasteiger partial charge in [0.25, 0.3) is 0 Å². The molecule has 14 heavy (non-hydrogen) atoms. The Morgan fingerprint density at radius 2 is 2.43 bits per heavy atom. The lowest BCUT2D eigenvalue weighted by atomic mass is 10.1. The van der Waals surface area contributed by atoms with Crippen LogP contribution in [-0.4, -0.2) is 19.2 Å². The summed E-state index contributed by atoms with van der Waals surface area (Å²) in [6.45, 7) is 1.37. The van der Waals surface area contributed by atoms with E-state index >= 15 is 0 Å². The van der Waals surface area contributed by atoms with Crippen LogP contribution in [0.1, 0.15) is 6.42 Å². The summed E-state index contributed by atoms with van der Waals surface area (Å²) in [4.78, 5) is 0. The standard InChI is InChI=1S/C10H13BrN2O/c11-8-2-1-3-9-10(8)14-6-7(13-9)4-5-12/h1-3,7,13H,4-6,12H2. The quantitative estimate of drug-likeness (QED) is 0.851. The lowest BCUT2D eigenvalue weighted by Crippen LogP contribution is -2.33. The summed E-state index contributed by atoms with van der Waals surface area (Å²) in [7, 11) is 0. The Morgan fingerprint density at radius 1 is 1.57 bits per heavy atom. The predicted octanol–water partition coefficient (Wildman–Crippen LogP) is 1.97. The van der Waals surface area contributed by atoms with Crippen molar-refractivity contribution in [2.24, 2.45) is 5.73 Å². The maximum Gasteiger partial charge on any atom is 0.156 e. The predicted molar refractivity (Wildman–Crippen MR) is 60.7 cm³/mol. The lowest BCUT2D eigenvalue weighted by molar-refractivity contribution is 0.278. The molecule has 76 valence electrons. The zero-order chi connectivity index (χ0) is 9.97. The van der Waals surface area contributed by atoms with Crippen LogP contribution >= 0.6 is 15.9 Å². The molecule has 0 aliphatic carbocycles. The largest absolute Gasteiger partial charge is 0.488 e. The number of fused-ring (bicyclic) bond motifs is 1. The first-order valence-corrected chi connectivity index (χ1v) is 5.48. The number of anilines is 1. The third-order valence-electron chi connectivity index (χ3n) is 2.27. The van der Waals surface area contributed by atoms with Gasteiger partial charge in [0.1, 0.15) is 6.61 Å². The second-order valence-corrected chi connectivity index (χ2v) is 4.20. The summed E-state index contributed by atoms with van der Waals surface area (Å²) < 4.78 is 6.65. The van der Waals surface area contributed by atoms with Crippen molar-refractivity contribution < 1.29 is 4.74 Å². The molecule has 1 aliphatic heterocycles. The number of hydrogen-bond donors (Lipinski definition) is 2. The van der Waals surface area contributed by atoms with Gasteiger partial charge < -0.3 is 15.8 Å². The minimum Gasteiger partial charge on any atom is -0.488 e. The highest BCUT2D eigenvalue weighted by atomic mass is 79.9. The van der Waals surface area contributed by atoms with Crippen LogP contribution in [0.4, 0.5) is 5.69 Å². The van der Waals surface area contributed by atoms with Crippen LogP contribution in [0.2, 0.25) is 0 Å². The van der Waals surface area contributed by atoms with Gasteiger partial charge in [0.05, 0.1) is 16.2 Å². The van der Waals surface area contributed by atoms with E-state index in [0.29, 0.717) is 19.2 Å². The number of halogens is 1. The minimum absolute atomic E-state index is 0.335. The van der Waals surface area contributed by atoms with Crippen molar-refractivity contribution in [3.8, 4) is 5.75 Å². The number of rotatable bonds is 2. The number of benzene rings is 1. The van der Waals surface area contributed by atoms with Crippen molar-refractivity contribution >= 4 is 21.6 Å². The van der Waals surface area contributed by atoms with Crippen molar-refractivity contribution in [2.45, 2.75) is 12.5 Å². The van der Waals surface area contributed by atoms with E-state index in [4.69, 9.17) is 10.5 Å². The Labute approximate surface area is 91.8 Å². The number of hydrogen-bond acceptors (Lipinski definition) is 3. The molecule has 1 aromatic rings. The fourth-order valence-corrected chi connectivity index (χ4v) is 2.05. The van der Waals surface area contributed by atoms with Crippen molar-refractivity contribution in [1.82, 2.24) is 0 Å². The van der Waals surface area contributed by atoms with Gasteiger partial charge in [0.2, 0.25) is 0 Å². The van der Waals surface area contributed by atoms with Gasteiger partial charge in [0.15, 0.2) is 5.75 Å². The van der Waals surface area contributed by atoms with Gasteiger partial charge in [0, 0.05) is 0 Å². The van der Waals surface area contributed by atoms with Gasteiger partial charge in [-0.25, -0.2) is 0 Å². The fraction of sp³-hybridized carbons (Fsp3) is 0.400. The average Bonchev–Trinajstić information content (AvgIpc) is 2.18. The van der Waals surface area contributed by atoms with E-state index in [2.05, 4.69) is 21.2 Å². The molecule has 0 saturated heterocycles. The molecular weight excluding hydrogens is 244 g/mol. The first-order chi connectivity index (χ1) is 6.81. The average molecular weight is 257 g/mol. The molecule has 1 heterocycles. The molecule has 4 heteroatoms. The zero-order valence-corrected chi connectivity index (χ0v) is 9.38. The van der Waals surface area contributed by atoms with Crippen LogP contribution < -0.4 is 15.8 Å². The second-order valence-electron chi connectivity index (χ2n) is 3.35. The molecule has 1 atom stereocenters. The van der Waals surface area contributed by atoms with E-state index in [-0.39, 0.29) is 0 Å². The van der Waals surface area contributed by atoms with Gasteiger partial charge in [-0.05, 0) is 41.0 Å². The maximum absolute atomic E-state index is 5.65. The molecule has 1 aliphatic rings. The molecule has 0 amide bonds. The van der Waals surface area contributed by atoms with E-state index in [1.165, 1.54) is 0 Å². The topological polar surface area (TPSA) is 47.3 Å². The Hall–Kier alpha value is -0.740. The number of nitrogens with two attached hydrogens (primary N) is 1. The van der Waals surface area contributed by atoms with E-state index < -0.39 is 0 Å². The summed E-state index contributed by atoms with van der Waals surface area (Å²) in [5.74, 6) is 0.903. The molecule has 0 radical (unpaired) electrons. The highest BCUT2D eigenvalue weighted by molar-refractivity contribution is 9.10. The molecule has 1 aromatic carbocycles. The van der Waals surface area contributed by atoms with Crippen molar-refractivity contribution in [3.05, 3.63) is 22.7 Å². The Bertz CT molecular complexity index is 330. The molecule has 0 fully saturated rings. The molecule has 0 spiro atoms. The highest BCUT2D eigenvalue weighted by Crippen LogP contribution is 2.36. The maximum atomic E-state index is 5.65. The molecule has 3 N–H and O–H groups in total. The van der Waals surface area contributed by atoms with Gasteiger partial charge >= 0.3 is 0 Å². The van der Waals surface area contributed by atoms with Gasteiger partial charge in [-0.15, -0.1) is 0 Å². The molecule has 2 rings (SSSR count). The zero-order valence-electron chi connectivity index (χ0n) is 7.79. The van der Waals surface area contributed by atoms with Crippen LogP contribution in [0.5, 0.6) is 5.75 Å². The summed E-state index contributed by atoms with van der Waals surface area (Å²) in [5.41, 5.74) is 6.55. The van der Waals surface area contributed by atoms with Crippen LogP contribution in [0.25, 0.3) is 0 Å². The Kier molecular flexibility index (Phi) is 2.93. The molecule has 0 aromatic heterocycles. The first kappa shape index (κ1) is 9.80. The van der Waals surface area contributed by atoms with Crippen LogP contribution in [0.15, 0.2) is 22.7 Å². The summed E-state index contributed by atoms with van der Waals surface area (Å²) in [6.07, 6.45) is 0.936. The fourth-order valence-electron chi connectivity index (χ4n) is 1.57. The van der Waals surface area contributed by atoms with E-state index in [9.17, 15) is 0 Å². The van der Waals surface area contributed by atoms with Crippen LogP contribution in [-0.2, 0) is 0 Å². The van der Waals surface area contributed by atoms with Crippen molar-refractivity contribution in [1.29, 1.82) is 0 Å². The van der Waals surface area contributed by atoms with E-state index in [1.807, 2.05) is 18.2 Å². The van der Waals surface area contributed by atoms with Crippen LogP contribution in [0.3, 0.4) is 0 Å². The normalized spacial score (nSPS) is 19.4. The van der Waals surface area contributed by atoms with Gasteiger partial charge in [-0.3, -0.25) is 0 Å². The number of para-hydroxylation sites is 1. The van der Waals surface area contributed by atoms with Gasteiger partial charge in [-0.2, -0.15) is 0 Å². The second kappa shape index (κ2) is 4.19. The van der Waals surface area contributed by atoms with E-state index in [1.54, 1.807) is 0 Å². The smallest absolute Gasteiger partial charge is 0.156 e. The lowest BCUT2D eigenvalue weighted by Gasteiger charge is -2.27. The summed E-state index contributed by atoms with van der Waals surface area (Å²) >= 11 is 3.45. The highest BCUT2D eigenvalue weighted by Gasteiger charge is 2.19. The first-order valence-electron chi connectivity index (χ1n) is 4.69. The van der Waals surface area contributed by atoms with Gasteiger partial charge in [-0.1, -0.05) is 6.07 Å². The minimum atomic E-state index is 0.335. The van der Waals surface area contributed by atoms with Crippen molar-refractivity contribution in [3.63, 3.8) is 0 Å². The summed E-state index contributed by atoms with van der Waals surface area (Å²) in [6, 6.07) is 6.32. The Balaban J connectivity index is 2.18. The molecule has 1 unspecified atom stereocenters. The third-order valence-corrected chi connectivity index (χ3v) is 2.90. The molecular formula is C10H13BrN2O.